The van der Waals surface area contributed by atoms with E-state index in [1.54, 1.807) is 19.1 Å². The Balaban J connectivity index is 0.000000690. The van der Waals surface area contributed by atoms with Gasteiger partial charge in [0, 0.05) is 6.04 Å². The molecule has 0 aliphatic heterocycles. The van der Waals surface area contributed by atoms with Gasteiger partial charge in [-0.2, -0.15) is 0 Å². The maximum absolute atomic E-state index is 10.9. The van der Waals surface area contributed by atoms with Gasteiger partial charge in [0.2, 0.25) is 0 Å². The number of nitrogens with two attached hydrogens (primary N) is 1. The summed E-state index contributed by atoms with van der Waals surface area (Å²) in [7, 11) is -4.14. The van der Waals surface area contributed by atoms with Crippen LogP contribution in [0, 0.1) is 0 Å². The quantitative estimate of drug-likeness (QED) is 0.470. The molecule has 0 fully saturated rings. The zero-order valence-electron chi connectivity index (χ0n) is 12.1. The van der Waals surface area contributed by atoms with Gasteiger partial charge >= 0.3 is 13.7 Å². The standard InChI is InChI=1S/C12H17NO3.H4NO3P/c1-9(2)13(10(3)12(14)15)16-11-7-5-4-6-8-11;1-5(2,3)4/h4-10H,1-3H3,(H,14,15);(H4,1,2,3,4)/t10-;/m0./s1. The number of carboxylic acids is 1. The van der Waals surface area contributed by atoms with E-state index in [4.69, 9.17) is 24.3 Å². The Kier molecular flexibility index (Phi) is 8.16. The Morgan fingerprint density at radius 2 is 1.67 bits per heavy atom. The van der Waals surface area contributed by atoms with Crippen molar-refractivity contribution in [2.45, 2.75) is 32.9 Å². The molecular weight excluding hydrogens is 299 g/mol. The highest BCUT2D eigenvalue weighted by Crippen LogP contribution is 2.20. The number of carboxylic acid groups (broad SMARTS) is 1. The van der Waals surface area contributed by atoms with Crippen molar-refractivity contribution in [3.05, 3.63) is 30.3 Å². The Morgan fingerprint density at radius 1 is 1.24 bits per heavy atom. The van der Waals surface area contributed by atoms with E-state index in [0.29, 0.717) is 5.75 Å². The maximum Gasteiger partial charge on any atom is 0.397 e. The van der Waals surface area contributed by atoms with Crippen LogP contribution in [0.25, 0.3) is 0 Å². The number of benzene rings is 1. The summed E-state index contributed by atoms with van der Waals surface area (Å²) < 4.78 is 9.10. The average Bonchev–Trinajstić information content (AvgIpc) is 2.34. The molecule has 0 spiro atoms. The van der Waals surface area contributed by atoms with Crippen LogP contribution in [0.3, 0.4) is 0 Å². The van der Waals surface area contributed by atoms with E-state index in [2.05, 4.69) is 5.50 Å². The highest BCUT2D eigenvalue weighted by molar-refractivity contribution is 7.49. The maximum atomic E-state index is 10.9. The lowest BCUT2D eigenvalue weighted by molar-refractivity contribution is -0.165. The van der Waals surface area contributed by atoms with E-state index < -0.39 is 19.8 Å². The fourth-order valence-electron chi connectivity index (χ4n) is 1.34. The number of aliphatic carboxylic acids is 1. The second-order valence-corrected chi connectivity index (χ2v) is 5.64. The van der Waals surface area contributed by atoms with Crippen molar-refractivity contribution in [1.82, 2.24) is 5.06 Å². The number of nitrogens with zero attached hydrogens (tertiary/aromatic N) is 1. The number of rotatable bonds is 5. The van der Waals surface area contributed by atoms with Crippen LogP contribution in [0.5, 0.6) is 5.75 Å². The first-order valence-electron chi connectivity index (χ1n) is 6.10. The van der Waals surface area contributed by atoms with Gasteiger partial charge < -0.3 is 19.7 Å². The van der Waals surface area contributed by atoms with E-state index >= 15 is 0 Å². The van der Waals surface area contributed by atoms with Crippen LogP contribution < -0.4 is 10.3 Å². The third-order valence-electron chi connectivity index (χ3n) is 2.20. The van der Waals surface area contributed by atoms with E-state index in [9.17, 15) is 4.79 Å². The van der Waals surface area contributed by atoms with Gasteiger partial charge in [0.1, 0.15) is 11.8 Å². The lowest BCUT2D eigenvalue weighted by atomic mass is 10.3. The molecule has 0 aromatic heterocycles. The summed E-state index contributed by atoms with van der Waals surface area (Å²) in [6.07, 6.45) is 0. The molecule has 8 nitrogen and oxygen atoms in total. The largest absolute Gasteiger partial charge is 0.480 e. The van der Waals surface area contributed by atoms with Crippen LogP contribution in [0.4, 0.5) is 0 Å². The minimum Gasteiger partial charge on any atom is -0.480 e. The predicted molar refractivity (Wildman–Crippen MR) is 77.4 cm³/mol. The molecule has 9 heteroatoms. The van der Waals surface area contributed by atoms with Crippen molar-refractivity contribution in [3.8, 4) is 5.75 Å². The normalized spacial score (nSPS) is 12.6. The van der Waals surface area contributed by atoms with Crippen LogP contribution in [0.15, 0.2) is 30.3 Å². The average molecular weight is 320 g/mol. The first kappa shape index (κ1) is 19.6. The lowest BCUT2D eigenvalue weighted by Gasteiger charge is -2.29. The lowest BCUT2D eigenvalue weighted by Crippen LogP contribution is -2.45. The highest BCUT2D eigenvalue weighted by atomic mass is 31.2. The summed E-state index contributed by atoms with van der Waals surface area (Å²) >= 11 is 0. The third kappa shape index (κ3) is 10.0. The summed E-state index contributed by atoms with van der Waals surface area (Å²) in [5.74, 6) is -0.256. The first-order valence-corrected chi connectivity index (χ1v) is 7.78. The highest BCUT2D eigenvalue weighted by Gasteiger charge is 2.25. The SMILES string of the molecule is CC(C)N(Oc1ccccc1)[C@@H](C)C(=O)O.NP(=O)(O)O. The van der Waals surface area contributed by atoms with Crippen LogP contribution in [-0.2, 0) is 9.36 Å². The number of carbonyl (C=O) groups is 1. The second kappa shape index (κ2) is 8.76. The fourth-order valence-corrected chi connectivity index (χ4v) is 1.34. The van der Waals surface area contributed by atoms with Gasteiger partial charge in [-0.1, -0.05) is 18.2 Å². The molecule has 0 aliphatic carbocycles. The third-order valence-corrected chi connectivity index (χ3v) is 2.20. The molecule has 1 atom stereocenters. The van der Waals surface area contributed by atoms with Gasteiger partial charge in [0.05, 0.1) is 0 Å². The van der Waals surface area contributed by atoms with Crippen molar-refractivity contribution in [3.63, 3.8) is 0 Å². The monoisotopic (exact) mass is 320 g/mol. The molecular formula is C12H21N2O6P. The van der Waals surface area contributed by atoms with Gasteiger partial charge in [-0.05, 0) is 32.9 Å². The Hall–Kier alpha value is -1.44. The topological polar surface area (TPSA) is 133 Å². The number of hydroxylamine groups is 2. The molecule has 5 N–H and O–H groups in total. The van der Waals surface area contributed by atoms with E-state index in [1.807, 2.05) is 32.0 Å². The van der Waals surface area contributed by atoms with Gasteiger partial charge in [-0.25, -0.2) is 10.1 Å². The molecule has 0 heterocycles. The van der Waals surface area contributed by atoms with Crippen LogP contribution >= 0.6 is 7.75 Å². The predicted octanol–water partition coefficient (Wildman–Crippen LogP) is 1.20. The molecule has 0 unspecified atom stereocenters. The Morgan fingerprint density at radius 3 is 2.00 bits per heavy atom. The summed E-state index contributed by atoms with van der Waals surface area (Å²) in [6, 6.07) is 8.48. The van der Waals surface area contributed by atoms with Crippen molar-refractivity contribution in [2.75, 3.05) is 0 Å². The van der Waals surface area contributed by atoms with Crippen molar-refractivity contribution in [2.24, 2.45) is 5.50 Å². The first-order chi connectivity index (χ1) is 9.52. The second-order valence-electron chi connectivity index (χ2n) is 4.46. The molecule has 0 bridgehead atoms. The molecule has 0 radical (unpaired) electrons. The number of hydrogen-bond acceptors (Lipinski definition) is 4. The number of hydrogen-bond donors (Lipinski definition) is 4. The molecule has 0 saturated carbocycles. The molecule has 0 saturated heterocycles. The van der Waals surface area contributed by atoms with Crippen LogP contribution in [-0.4, -0.2) is 38.0 Å². The molecule has 1 aromatic rings. The smallest absolute Gasteiger partial charge is 0.397 e. The molecule has 0 aliphatic rings. The van der Waals surface area contributed by atoms with Crippen molar-refractivity contribution >= 4 is 13.7 Å². The van der Waals surface area contributed by atoms with Gasteiger partial charge in [0.25, 0.3) is 0 Å². The molecule has 21 heavy (non-hydrogen) atoms. The minimum atomic E-state index is -4.14. The Labute approximate surface area is 123 Å². The fraction of sp³-hybridized carbons (Fsp3) is 0.417. The zero-order valence-corrected chi connectivity index (χ0v) is 13.0. The van der Waals surface area contributed by atoms with Gasteiger partial charge in [-0.3, -0.25) is 4.79 Å². The van der Waals surface area contributed by atoms with Gasteiger partial charge in [-0.15, -0.1) is 5.06 Å². The van der Waals surface area contributed by atoms with Gasteiger partial charge in [0.15, 0.2) is 0 Å². The Bertz CT molecular complexity index is 468. The summed E-state index contributed by atoms with van der Waals surface area (Å²) in [5.41, 5.74) is 4.02. The van der Waals surface area contributed by atoms with Crippen molar-refractivity contribution in [1.29, 1.82) is 0 Å². The van der Waals surface area contributed by atoms with E-state index in [-0.39, 0.29) is 6.04 Å². The number of para-hydroxylation sites is 1. The zero-order chi connectivity index (χ0) is 16.6. The molecule has 120 valence electrons. The minimum absolute atomic E-state index is 0.00805. The molecule has 1 rings (SSSR count). The molecule has 1 aromatic carbocycles. The molecule has 0 amide bonds. The summed E-state index contributed by atoms with van der Waals surface area (Å²) in [5, 5.41) is 10.4. The van der Waals surface area contributed by atoms with Crippen LogP contribution in [0.2, 0.25) is 0 Å². The van der Waals surface area contributed by atoms with Crippen molar-refractivity contribution < 1.29 is 29.1 Å². The summed E-state index contributed by atoms with van der Waals surface area (Å²) in [6.45, 7) is 5.38. The van der Waals surface area contributed by atoms with E-state index in [1.165, 1.54) is 5.06 Å². The van der Waals surface area contributed by atoms with Crippen LogP contribution in [0.1, 0.15) is 20.8 Å². The van der Waals surface area contributed by atoms with E-state index in [0.717, 1.165) is 0 Å². The summed E-state index contributed by atoms with van der Waals surface area (Å²) in [4.78, 5) is 31.3.